The molecule has 0 saturated carbocycles. The number of hydrogen-bond donors (Lipinski definition) is 0. The Bertz CT molecular complexity index is 663. The van der Waals surface area contributed by atoms with Gasteiger partial charge in [-0.15, -0.1) is 0 Å². The lowest BCUT2D eigenvalue weighted by Crippen LogP contribution is -2.41. The average molecular weight is 283 g/mol. The van der Waals surface area contributed by atoms with E-state index in [9.17, 15) is 4.79 Å². The molecule has 1 saturated heterocycles. The molecule has 0 spiro atoms. The molecule has 4 heteroatoms. The lowest BCUT2D eigenvalue weighted by Gasteiger charge is -2.34. The van der Waals surface area contributed by atoms with Crippen LogP contribution in [0.3, 0.4) is 0 Å². The Kier molecular flexibility index (Phi) is 3.78. The molecule has 0 N–H and O–H groups in total. The van der Waals surface area contributed by atoms with Gasteiger partial charge in [0.1, 0.15) is 5.65 Å². The molecule has 3 rings (SSSR count). The Labute approximate surface area is 125 Å². The highest BCUT2D eigenvalue weighted by atomic mass is 16.2. The molecule has 2 atom stereocenters. The summed E-state index contributed by atoms with van der Waals surface area (Å²) in [4.78, 5) is 18.6. The lowest BCUT2D eigenvalue weighted by molar-refractivity contribution is -0.128. The summed E-state index contributed by atoms with van der Waals surface area (Å²) in [6.45, 7) is 6.15. The number of likely N-dealkylation sites (tertiary alicyclic amines) is 1. The molecule has 0 aliphatic carbocycles. The minimum Gasteiger partial charge on any atom is -0.339 e. The summed E-state index contributed by atoms with van der Waals surface area (Å²) in [5.74, 6) is 1.27. The predicted octanol–water partition coefficient (Wildman–Crippen LogP) is 2.85. The number of aromatic nitrogens is 2. The van der Waals surface area contributed by atoms with Crippen LogP contribution in [-0.2, 0) is 4.79 Å². The molecule has 4 nitrogen and oxygen atoms in total. The van der Waals surface area contributed by atoms with Crippen molar-refractivity contribution < 1.29 is 4.79 Å². The number of hydrogen-bond acceptors (Lipinski definition) is 2. The number of imidazole rings is 1. The van der Waals surface area contributed by atoms with Gasteiger partial charge in [-0.2, -0.15) is 0 Å². The molecule has 1 aliphatic heterocycles. The van der Waals surface area contributed by atoms with Gasteiger partial charge in [-0.3, -0.25) is 4.79 Å². The third-order valence-electron chi connectivity index (χ3n) is 4.02. The van der Waals surface area contributed by atoms with Crippen molar-refractivity contribution in [2.75, 3.05) is 13.1 Å². The predicted molar refractivity (Wildman–Crippen MR) is 83.8 cm³/mol. The Morgan fingerprint density at radius 3 is 2.81 bits per heavy atom. The van der Waals surface area contributed by atoms with E-state index in [-0.39, 0.29) is 5.91 Å². The van der Waals surface area contributed by atoms with Crippen LogP contribution in [0.4, 0.5) is 0 Å². The quantitative estimate of drug-likeness (QED) is 0.795. The molecule has 0 bridgehead atoms. The summed E-state index contributed by atoms with van der Waals surface area (Å²) in [6.07, 6.45) is 8.48. The minimum absolute atomic E-state index is 0.0966. The fraction of sp³-hybridized carbons (Fsp3) is 0.412. The van der Waals surface area contributed by atoms with Gasteiger partial charge in [-0.25, -0.2) is 4.98 Å². The van der Waals surface area contributed by atoms with Crippen LogP contribution in [0.2, 0.25) is 0 Å². The second-order valence-electron chi connectivity index (χ2n) is 6.13. The van der Waals surface area contributed by atoms with E-state index in [2.05, 4.69) is 18.8 Å². The number of carbonyl (C=O) groups excluding carboxylic acids is 1. The molecule has 0 aromatic carbocycles. The number of nitrogens with zero attached hydrogens (tertiary/aromatic N) is 3. The fourth-order valence-electron chi connectivity index (χ4n) is 3.18. The molecule has 1 amide bonds. The van der Waals surface area contributed by atoms with Crippen molar-refractivity contribution in [3.63, 3.8) is 0 Å². The average Bonchev–Trinajstić information content (AvgIpc) is 2.87. The van der Waals surface area contributed by atoms with Gasteiger partial charge in [0.25, 0.3) is 0 Å². The molecule has 2 aromatic heterocycles. The SMILES string of the molecule is CC1CC(C)CN(C(=O)/C=C/c2cnc3ccccn23)C1. The number of amides is 1. The first-order chi connectivity index (χ1) is 10.1. The van der Waals surface area contributed by atoms with Crippen molar-refractivity contribution in [1.82, 2.24) is 14.3 Å². The first-order valence-electron chi connectivity index (χ1n) is 7.52. The van der Waals surface area contributed by atoms with E-state index in [0.717, 1.165) is 24.4 Å². The maximum absolute atomic E-state index is 12.3. The van der Waals surface area contributed by atoms with Gasteiger partial charge in [0.05, 0.1) is 11.9 Å². The summed E-state index contributed by atoms with van der Waals surface area (Å²) in [5, 5.41) is 0. The molecular weight excluding hydrogens is 262 g/mol. The molecule has 1 aliphatic rings. The second-order valence-corrected chi connectivity index (χ2v) is 6.13. The fourth-order valence-corrected chi connectivity index (χ4v) is 3.18. The van der Waals surface area contributed by atoms with Crippen molar-refractivity contribution in [3.8, 4) is 0 Å². The summed E-state index contributed by atoms with van der Waals surface area (Å²) in [7, 11) is 0. The highest BCUT2D eigenvalue weighted by Gasteiger charge is 2.23. The van der Waals surface area contributed by atoms with E-state index < -0.39 is 0 Å². The summed E-state index contributed by atoms with van der Waals surface area (Å²) < 4.78 is 1.98. The van der Waals surface area contributed by atoms with Crippen LogP contribution in [0.25, 0.3) is 11.7 Å². The van der Waals surface area contributed by atoms with Crippen molar-refractivity contribution >= 4 is 17.6 Å². The number of rotatable bonds is 2. The maximum Gasteiger partial charge on any atom is 0.246 e. The Morgan fingerprint density at radius 2 is 2.05 bits per heavy atom. The molecule has 3 heterocycles. The maximum atomic E-state index is 12.3. The van der Waals surface area contributed by atoms with Crippen molar-refractivity contribution in [2.24, 2.45) is 11.8 Å². The zero-order valence-corrected chi connectivity index (χ0v) is 12.6. The summed E-state index contributed by atoms with van der Waals surface area (Å²) >= 11 is 0. The minimum atomic E-state index is 0.0966. The number of fused-ring (bicyclic) bond motifs is 1. The third kappa shape index (κ3) is 2.99. The first-order valence-corrected chi connectivity index (χ1v) is 7.52. The highest BCUT2D eigenvalue weighted by Crippen LogP contribution is 2.21. The van der Waals surface area contributed by atoms with E-state index in [1.54, 1.807) is 12.3 Å². The van der Waals surface area contributed by atoms with Gasteiger partial charge in [0.2, 0.25) is 5.91 Å². The van der Waals surface area contributed by atoms with Crippen molar-refractivity contribution in [1.29, 1.82) is 0 Å². The monoisotopic (exact) mass is 283 g/mol. The van der Waals surface area contributed by atoms with E-state index in [4.69, 9.17) is 0 Å². The van der Waals surface area contributed by atoms with Crippen LogP contribution < -0.4 is 0 Å². The standard InChI is InChI=1S/C17H21N3O/c1-13-9-14(2)12-19(11-13)17(21)7-6-15-10-18-16-5-3-4-8-20(15)16/h3-8,10,13-14H,9,11-12H2,1-2H3/b7-6+. The molecule has 0 radical (unpaired) electrons. The zero-order chi connectivity index (χ0) is 14.8. The second kappa shape index (κ2) is 5.72. The molecule has 2 unspecified atom stereocenters. The zero-order valence-electron chi connectivity index (χ0n) is 12.6. The van der Waals surface area contributed by atoms with E-state index >= 15 is 0 Å². The largest absolute Gasteiger partial charge is 0.339 e. The summed E-state index contributed by atoms with van der Waals surface area (Å²) in [6, 6.07) is 5.87. The topological polar surface area (TPSA) is 37.6 Å². The molecule has 1 fully saturated rings. The van der Waals surface area contributed by atoms with Gasteiger partial charge in [-0.1, -0.05) is 19.9 Å². The van der Waals surface area contributed by atoms with Crippen LogP contribution in [-0.4, -0.2) is 33.3 Å². The van der Waals surface area contributed by atoms with E-state index in [1.165, 1.54) is 6.42 Å². The number of piperidine rings is 1. The van der Waals surface area contributed by atoms with Crippen LogP contribution in [0.5, 0.6) is 0 Å². The van der Waals surface area contributed by atoms with Gasteiger partial charge < -0.3 is 9.30 Å². The number of pyridine rings is 1. The normalized spacial score (nSPS) is 23.0. The van der Waals surface area contributed by atoms with Crippen molar-refractivity contribution in [2.45, 2.75) is 20.3 Å². The molecule has 110 valence electrons. The van der Waals surface area contributed by atoms with Crippen molar-refractivity contribution in [3.05, 3.63) is 42.4 Å². The van der Waals surface area contributed by atoms with E-state index in [0.29, 0.717) is 11.8 Å². The van der Waals surface area contributed by atoms with Crippen LogP contribution in [0, 0.1) is 11.8 Å². The Morgan fingerprint density at radius 1 is 1.29 bits per heavy atom. The van der Waals surface area contributed by atoms with Gasteiger partial charge in [0, 0.05) is 25.4 Å². The van der Waals surface area contributed by atoms with E-state index in [1.807, 2.05) is 39.8 Å². The van der Waals surface area contributed by atoms with Gasteiger partial charge >= 0.3 is 0 Å². The van der Waals surface area contributed by atoms with Gasteiger partial charge in [-0.05, 0) is 36.5 Å². The third-order valence-corrected chi connectivity index (χ3v) is 4.02. The molecule has 21 heavy (non-hydrogen) atoms. The Hall–Kier alpha value is -2.10. The lowest BCUT2D eigenvalue weighted by atomic mass is 9.92. The molecular formula is C17H21N3O. The highest BCUT2D eigenvalue weighted by molar-refractivity contribution is 5.91. The van der Waals surface area contributed by atoms with Gasteiger partial charge in [0.15, 0.2) is 0 Å². The molecule has 2 aromatic rings. The number of carbonyl (C=O) groups is 1. The van der Waals surface area contributed by atoms with Crippen LogP contribution >= 0.6 is 0 Å². The van der Waals surface area contributed by atoms with Crippen LogP contribution in [0.15, 0.2) is 36.7 Å². The summed E-state index contributed by atoms with van der Waals surface area (Å²) in [5.41, 5.74) is 1.82. The smallest absolute Gasteiger partial charge is 0.246 e. The Balaban J connectivity index is 1.75. The first kappa shape index (κ1) is 13.9. The van der Waals surface area contributed by atoms with Crippen LogP contribution in [0.1, 0.15) is 26.0 Å².